The average molecular weight is 298 g/mol. The SMILES string of the molecule is C[C@@H](CO)[C@H](O)C1(Sc2ccccc2)CCSCC1. The lowest BCUT2D eigenvalue weighted by molar-refractivity contribution is 0.0424. The zero-order valence-corrected chi connectivity index (χ0v) is 12.9. The molecule has 106 valence electrons. The number of benzene rings is 1. The summed E-state index contributed by atoms with van der Waals surface area (Å²) in [4.78, 5) is 1.21. The van der Waals surface area contributed by atoms with Crippen molar-refractivity contribution in [3.05, 3.63) is 30.3 Å². The predicted molar refractivity (Wildman–Crippen MR) is 83.8 cm³/mol. The Morgan fingerprint density at radius 3 is 2.47 bits per heavy atom. The van der Waals surface area contributed by atoms with E-state index in [1.807, 2.05) is 36.9 Å². The number of aliphatic hydroxyl groups excluding tert-OH is 2. The highest BCUT2D eigenvalue weighted by molar-refractivity contribution is 8.01. The number of hydrogen-bond acceptors (Lipinski definition) is 4. The van der Waals surface area contributed by atoms with Gasteiger partial charge < -0.3 is 10.2 Å². The lowest BCUT2D eigenvalue weighted by Crippen LogP contribution is -2.46. The summed E-state index contributed by atoms with van der Waals surface area (Å²) in [6.07, 6.45) is 1.55. The Morgan fingerprint density at radius 1 is 1.26 bits per heavy atom. The molecule has 0 spiro atoms. The quantitative estimate of drug-likeness (QED) is 0.876. The maximum atomic E-state index is 10.7. The number of aliphatic hydroxyl groups is 2. The highest BCUT2D eigenvalue weighted by Crippen LogP contribution is 2.46. The van der Waals surface area contributed by atoms with Crippen LogP contribution in [0.25, 0.3) is 0 Å². The van der Waals surface area contributed by atoms with Crippen molar-refractivity contribution in [1.29, 1.82) is 0 Å². The molecule has 4 heteroatoms. The molecule has 0 amide bonds. The van der Waals surface area contributed by atoms with Gasteiger partial charge in [0.2, 0.25) is 0 Å². The van der Waals surface area contributed by atoms with E-state index in [0.717, 1.165) is 24.3 Å². The van der Waals surface area contributed by atoms with E-state index in [0.29, 0.717) is 0 Å². The van der Waals surface area contributed by atoms with Crippen LogP contribution >= 0.6 is 23.5 Å². The third-order valence-corrected chi connectivity index (χ3v) is 6.32. The standard InChI is InChI=1S/C15H22O2S2/c1-12(11-16)14(17)15(7-9-18-10-8-15)19-13-5-3-2-4-6-13/h2-6,12,14,16-17H,7-11H2,1H3/t12-,14-/m0/s1. The molecule has 2 rings (SSSR count). The van der Waals surface area contributed by atoms with Gasteiger partial charge in [-0.2, -0.15) is 11.8 Å². The molecule has 2 N–H and O–H groups in total. The molecule has 1 aliphatic rings. The maximum absolute atomic E-state index is 10.7. The molecule has 1 fully saturated rings. The van der Waals surface area contributed by atoms with Gasteiger partial charge >= 0.3 is 0 Å². The van der Waals surface area contributed by atoms with Crippen molar-refractivity contribution in [1.82, 2.24) is 0 Å². The van der Waals surface area contributed by atoms with Crippen LogP contribution in [0.3, 0.4) is 0 Å². The van der Waals surface area contributed by atoms with Crippen molar-refractivity contribution in [2.45, 2.75) is 35.5 Å². The van der Waals surface area contributed by atoms with Crippen molar-refractivity contribution in [3.63, 3.8) is 0 Å². The first kappa shape index (κ1) is 15.2. The van der Waals surface area contributed by atoms with Crippen LogP contribution in [0.1, 0.15) is 19.8 Å². The molecule has 1 aromatic rings. The number of hydrogen-bond donors (Lipinski definition) is 2. The lowest BCUT2D eigenvalue weighted by Gasteiger charge is -2.42. The van der Waals surface area contributed by atoms with Crippen molar-refractivity contribution in [2.24, 2.45) is 5.92 Å². The van der Waals surface area contributed by atoms with Gasteiger partial charge in [0.25, 0.3) is 0 Å². The first-order valence-electron chi connectivity index (χ1n) is 6.79. The molecule has 0 bridgehead atoms. The minimum atomic E-state index is -0.455. The predicted octanol–water partition coefficient (Wildman–Crippen LogP) is 3.03. The molecular formula is C15H22O2S2. The van der Waals surface area contributed by atoms with Gasteiger partial charge in [0.1, 0.15) is 0 Å². The Balaban J connectivity index is 2.19. The maximum Gasteiger partial charge on any atom is 0.0738 e. The molecule has 2 atom stereocenters. The molecule has 2 nitrogen and oxygen atoms in total. The third-order valence-electron chi connectivity index (χ3n) is 3.77. The fourth-order valence-electron chi connectivity index (χ4n) is 2.52. The molecule has 0 radical (unpaired) electrons. The Morgan fingerprint density at radius 2 is 1.89 bits per heavy atom. The Kier molecular flexibility index (Phi) is 5.63. The van der Waals surface area contributed by atoms with Crippen molar-refractivity contribution in [2.75, 3.05) is 18.1 Å². The first-order valence-corrected chi connectivity index (χ1v) is 8.76. The van der Waals surface area contributed by atoms with Crippen molar-refractivity contribution < 1.29 is 10.2 Å². The molecule has 1 heterocycles. The van der Waals surface area contributed by atoms with Crippen LogP contribution in [-0.2, 0) is 0 Å². The van der Waals surface area contributed by atoms with Crippen LogP contribution in [0.15, 0.2) is 35.2 Å². The van der Waals surface area contributed by atoms with Gasteiger partial charge in [-0.3, -0.25) is 0 Å². The second-order valence-electron chi connectivity index (χ2n) is 5.20. The summed E-state index contributed by atoms with van der Waals surface area (Å²) in [7, 11) is 0. The van der Waals surface area contributed by atoms with E-state index < -0.39 is 6.10 Å². The fourth-order valence-corrected chi connectivity index (χ4v) is 5.52. The van der Waals surface area contributed by atoms with E-state index in [9.17, 15) is 10.2 Å². The van der Waals surface area contributed by atoms with Gasteiger partial charge in [-0.1, -0.05) is 25.1 Å². The highest BCUT2D eigenvalue weighted by Gasteiger charge is 2.42. The molecule has 1 aliphatic heterocycles. The van der Waals surface area contributed by atoms with Gasteiger partial charge in [0, 0.05) is 22.2 Å². The lowest BCUT2D eigenvalue weighted by atomic mass is 9.87. The van der Waals surface area contributed by atoms with Gasteiger partial charge in [0.05, 0.1) is 6.10 Å². The second kappa shape index (κ2) is 7.02. The second-order valence-corrected chi connectivity index (χ2v) is 7.91. The molecule has 0 aliphatic carbocycles. The zero-order chi connectivity index (χ0) is 13.7. The van der Waals surface area contributed by atoms with Crippen LogP contribution in [0, 0.1) is 5.92 Å². The molecular weight excluding hydrogens is 276 g/mol. The van der Waals surface area contributed by atoms with E-state index in [1.54, 1.807) is 11.8 Å². The summed E-state index contributed by atoms with van der Waals surface area (Å²) < 4.78 is -0.144. The molecule has 0 saturated carbocycles. The highest BCUT2D eigenvalue weighted by atomic mass is 32.2. The molecule has 19 heavy (non-hydrogen) atoms. The Hall–Kier alpha value is -0.160. The average Bonchev–Trinajstić information content (AvgIpc) is 2.47. The largest absolute Gasteiger partial charge is 0.396 e. The van der Waals surface area contributed by atoms with E-state index in [2.05, 4.69) is 12.1 Å². The van der Waals surface area contributed by atoms with Gasteiger partial charge in [-0.15, -0.1) is 11.8 Å². The molecule has 0 unspecified atom stereocenters. The monoisotopic (exact) mass is 298 g/mol. The van der Waals surface area contributed by atoms with Crippen LogP contribution in [0.4, 0.5) is 0 Å². The van der Waals surface area contributed by atoms with E-state index in [-0.39, 0.29) is 17.3 Å². The van der Waals surface area contributed by atoms with E-state index in [4.69, 9.17) is 0 Å². The summed E-state index contributed by atoms with van der Waals surface area (Å²) in [5.41, 5.74) is 0. The Bertz CT molecular complexity index is 377. The van der Waals surface area contributed by atoms with Crippen molar-refractivity contribution in [3.8, 4) is 0 Å². The number of rotatable bonds is 5. The normalized spacial score (nSPS) is 21.8. The molecule has 0 aromatic heterocycles. The van der Waals surface area contributed by atoms with Crippen LogP contribution in [-0.4, -0.2) is 39.2 Å². The van der Waals surface area contributed by atoms with E-state index in [1.165, 1.54) is 4.90 Å². The first-order chi connectivity index (χ1) is 9.18. The summed E-state index contributed by atoms with van der Waals surface area (Å²) in [6.45, 7) is 1.98. The summed E-state index contributed by atoms with van der Waals surface area (Å²) in [5, 5.41) is 20.0. The smallest absolute Gasteiger partial charge is 0.0738 e. The minimum Gasteiger partial charge on any atom is -0.396 e. The summed E-state index contributed by atoms with van der Waals surface area (Å²) >= 11 is 3.75. The van der Waals surface area contributed by atoms with Crippen LogP contribution < -0.4 is 0 Å². The van der Waals surface area contributed by atoms with Crippen LogP contribution in [0.5, 0.6) is 0 Å². The van der Waals surface area contributed by atoms with Crippen LogP contribution in [0.2, 0.25) is 0 Å². The van der Waals surface area contributed by atoms with Gasteiger partial charge in [-0.05, 0) is 36.5 Å². The number of thioether (sulfide) groups is 2. The summed E-state index contributed by atoms with van der Waals surface area (Å²) in [5.74, 6) is 2.11. The molecule has 1 saturated heterocycles. The van der Waals surface area contributed by atoms with Crippen molar-refractivity contribution >= 4 is 23.5 Å². The van der Waals surface area contributed by atoms with Gasteiger partial charge in [-0.25, -0.2) is 0 Å². The Labute approximate surface area is 124 Å². The van der Waals surface area contributed by atoms with E-state index >= 15 is 0 Å². The topological polar surface area (TPSA) is 40.5 Å². The zero-order valence-electron chi connectivity index (χ0n) is 11.3. The minimum absolute atomic E-state index is 0.0470. The molecule has 1 aromatic carbocycles. The van der Waals surface area contributed by atoms with Gasteiger partial charge in [0.15, 0.2) is 0 Å². The fraction of sp³-hybridized carbons (Fsp3) is 0.600. The third kappa shape index (κ3) is 3.69. The summed E-state index contributed by atoms with van der Waals surface area (Å²) in [6, 6.07) is 10.3.